The highest BCUT2D eigenvalue weighted by Gasteiger charge is 2.48. The van der Waals surface area contributed by atoms with Crippen LogP contribution in [0.5, 0.6) is 0 Å². The van der Waals surface area contributed by atoms with Crippen LogP contribution in [0.1, 0.15) is 39.0 Å². The highest BCUT2D eigenvalue weighted by molar-refractivity contribution is 5.79. The van der Waals surface area contributed by atoms with E-state index in [1.165, 1.54) is 32.1 Å². The molecule has 0 aromatic carbocycles. The van der Waals surface area contributed by atoms with Gasteiger partial charge in [-0.15, -0.1) is 0 Å². The van der Waals surface area contributed by atoms with Gasteiger partial charge in [0.2, 0.25) is 5.91 Å². The topological polar surface area (TPSA) is 32.3 Å². The Hall–Kier alpha value is -0.570. The number of fused-ring (bicyclic) bond motifs is 1. The van der Waals surface area contributed by atoms with Crippen LogP contribution in [0, 0.1) is 17.8 Å². The van der Waals surface area contributed by atoms with Crippen LogP contribution in [-0.2, 0) is 4.79 Å². The lowest BCUT2D eigenvalue weighted by atomic mass is 9.99. The van der Waals surface area contributed by atoms with E-state index in [2.05, 4.69) is 17.1 Å². The summed E-state index contributed by atoms with van der Waals surface area (Å²) in [6, 6.07) is 0.536. The van der Waals surface area contributed by atoms with Gasteiger partial charge in [0.25, 0.3) is 0 Å². The number of amides is 1. The molecule has 3 atom stereocenters. The van der Waals surface area contributed by atoms with Crippen LogP contribution in [0.4, 0.5) is 0 Å². The van der Waals surface area contributed by atoms with Crippen LogP contribution in [-0.4, -0.2) is 36.5 Å². The van der Waals surface area contributed by atoms with E-state index >= 15 is 0 Å². The number of likely N-dealkylation sites (N-methyl/N-ethyl adjacent to an activating group) is 1. The average molecular weight is 236 g/mol. The maximum absolute atomic E-state index is 12.4. The first kappa shape index (κ1) is 11.5. The van der Waals surface area contributed by atoms with E-state index in [0.29, 0.717) is 17.9 Å². The smallest absolute Gasteiger partial charge is 0.225 e. The van der Waals surface area contributed by atoms with Gasteiger partial charge in [-0.25, -0.2) is 0 Å². The first-order valence-electron chi connectivity index (χ1n) is 7.30. The van der Waals surface area contributed by atoms with Gasteiger partial charge in [0.1, 0.15) is 0 Å². The highest BCUT2D eigenvalue weighted by atomic mass is 16.2. The van der Waals surface area contributed by atoms with Gasteiger partial charge in [-0.05, 0) is 50.5 Å². The molecule has 0 aromatic rings. The Balaban J connectivity index is 1.54. The Morgan fingerprint density at radius 2 is 2.06 bits per heavy atom. The second-order valence-corrected chi connectivity index (χ2v) is 6.11. The Morgan fingerprint density at radius 1 is 1.29 bits per heavy atom. The molecular formula is C14H24N2O. The predicted molar refractivity (Wildman–Crippen MR) is 67.6 cm³/mol. The summed E-state index contributed by atoms with van der Waals surface area (Å²) in [4.78, 5) is 14.5. The lowest BCUT2D eigenvalue weighted by Crippen LogP contribution is -2.49. The number of nitrogens with zero attached hydrogens (tertiary/aromatic N) is 1. The summed E-state index contributed by atoms with van der Waals surface area (Å²) in [5, 5.41) is 3.48. The van der Waals surface area contributed by atoms with Gasteiger partial charge in [0, 0.05) is 25.0 Å². The second kappa shape index (κ2) is 4.60. The summed E-state index contributed by atoms with van der Waals surface area (Å²) in [7, 11) is 0. The van der Waals surface area contributed by atoms with Crippen LogP contribution < -0.4 is 5.32 Å². The minimum absolute atomic E-state index is 0.374. The fraction of sp³-hybridized carbons (Fsp3) is 0.929. The molecule has 3 unspecified atom stereocenters. The molecule has 0 bridgehead atoms. The molecule has 1 amide bonds. The van der Waals surface area contributed by atoms with Crippen molar-refractivity contribution in [3.63, 3.8) is 0 Å². The van der Waals surface area contributed by atoms with E-state index < -0.39 is 0 Å². The van der Waals surface area contributed by atoms with Crippen molar-refractivity contribution < 1.29 is 4.79 Å². The molecule has 0 radical (unpaired) electrons. The quantitative estimate of drug-likeness (QED) is 0.808. The predicted octanol–water partition coefficient (Wildman–Crippen LogP) is 1.63. The van der Waals surface area contributed by atoms with Gasteiger partial charge in [-0.3, -0.25) is 4.79 Å². The van der Waals surface area contributed by atoms with Crippen molar-refractivity contribution >= 4 is 5.91 Å². The SMILES string of the molecule is CCNC1CCCN(C(=O)C2CC3CC3C2)C1. The molecule has 1 N–H and O–H groups in total. The third-order valence-corrected chi connectivity index (χ3v) is 4.82. The van der Waals surface area contributed by atoms with E-state index in [-0.39, 0.29) is 0 Å². The normalized spacial score (nSPS) is 40.2. The van der Waals surface area contributed by atoms with Crippen molar-refractivity contribution in [2.45, 2.75) is 45.1 Å². The molecule has 3 nitrogen and oxygen atoms in total. The molecule has 3 fully saturated rings. The van der Waals surface area contributed by atoms with Crippen molar-refractivity contribution in [2.24, 2.45) is 17.8 Å². The maximum Gasteiger partial charge on any atom is 0.225 e. The van der Waals surface area contributed by atoms with Gasteiger partial charge < -0.3 is 10.2 Å². The minimum atomic E-state index is 0.374. The molecule has 1 aliphatic heterocycles. The monoisotopic (exact) mass is 236 g/mol. The molecule has 0 spiro atoms. The molecule has 2 aliphatic carbocycles. The van der Waals surface area contributed by atoms with Crippen LogP contribution in [0.3, 0.4) is 0 Å². The van der Waals surface area contributed by atoms with E-state index in [9.17, 15) is 4.79 Å². The highest BCUT2D eigenvalue weighted by Crippen LogP contribution is 2.54. The number of hydrogen-bond acceptors (Lipinski definition) is 2. The summed E-state index contributed by atoms with van der Waals surface area (Å²) in [5.41, 5.74) is 0. The van der Waals surface area contributed by atoms with Crippen molar-refractivity contribution in [3.8, 4) is 0 Å². The summed E-state index contributed by atoms with van der Waals surface area (Å²) >= 11 is 0. The third kappa shape index (κ3) is 2.35. The molecule has 1 saturated heterocycles. The molecule has 96 valence electrons. The molecular weight excluding hydrogens is 212 g/mol. The van der Waals surface area contributed by atoms with Crippen molar-refractivity contribution in [1.82, 2.24) is 10.2 Å². The summed E-state index contributed by atoms with van der Waals surface area (Å²) < 4.78 is 0. The van der Waals surface area contributed by atoms with Crippen molar-refractivity contribution in [2.75, 3.05) is 19.6 Å². The maximum atomic E-state index is 12.4. The van der Waals surface area contributed by atoms with Crippen molar-refractivity contribution in [3.05, 3.63) is 0 Å². The summed E-state index contributed by atoms with van der Waals surface area (Å²) in [6.07, 6.45) is 6.18. The summed E-state index contributed by atoms with van der Waals surface area (Å²) in [5.74, 6) is 2.66. The third-order valence-electron chi connectivity index (χ3n) is 4.82. The average Bonchev–Trinajstić information content (AvgIpc) is 2.96. The minimum Gasteiger partial charge on any atom is -0.341 e. The zero-order valence-electron chi connectivity index (χ0n) is 10.8. The first-order chi connectivity index (χ1) is 8.28. The van der Waals surface area contributed by atoms with Gasteiger partial charge in [0.05, 0.1) is 0 Å². The van der Waals surface area contributed by atoms with Crippen LogP contribution in [0.2, 0.25) is 0 Å². The Kier molecular flexibility index (Phi) is 3.12. The number of rotatable bonds is 3. The van der Waals surface area contributed by atoms with E-state index in [1.54, 1.807) is 0 Å². The van der Waals surface area contributed by atoms with Crippen LogP contribution in [0.15, 0.2) is 0 Å². The Morgan fingerprint density at radius 3 is 2.76 bits per heavy atom. The van der Waals surface area contributed by atoms with E-state index in [0.717, 1.165) is 31.5 Å². The number of likely N-dealkylation sites (tertiary alicyclic amines) is 1. The lowest BCUT2D eigenvalue weighted by Gasteiger charge is -2.35. The standard InChI is InChI=1S/C14H24N2O/c1-2-15-13-4-3-5-16(9-13)14(17)12-7-10-6-11(10)8-12/h10-13,15H,2-9H2,1H3. The van der Waals surface area contributed by atoms with Gasteiger partial charge >= 0.3 is 0 Å². The van der Waals surface area contributed by atoms with Crippen molar-refractivity contribution in [1.29, 1.82) is 0 Å². The molecule has 2 saturated carbocycles. The zero-order chi connectivity index (χ0) is 11.8. The number of carbonyl (C=O) groups is 1. The molecule has 3 rings (SSSR count). The lowest BCUT2D eigenvalue weighted by molar-refractivity contribution is -0.137. The molecule has 0 aromatic heterocycles. The molecule has 3 aliphatic rings. The molecule has 3 heteroatoms. The van der Waals surface area contributed by atoms with E-state index in [4.69, 9.17) is 0 Å². The van der Waals surface area contributed by atoms with Crippen LogP contribution in [0.25, 0.3) is 0 Å². The fourth-order valence-corrected chi connectivity index (χ4v) is 3.81. The Labute approximate surface area is 104 Å². The first-order valence-corrected chi connectivity index (χ1v) is 7.30. The fourth-order valence-electron chi connectivity index (χ4n) is 3.81. The number of carbonyl (C=O) groups excluding carboxylic acids is 1. The largest absolute Gasteiger partial charge is 0.341 e. The van der Waals surface area contributed by atoms with Gasteiger partial charge in [-0.1, -0.05) is 6.92 Å². The number of piperidine rings is 1. The molecule has 1 heterocycles. The zero-order valence-corrected chi connectivity index (χ0v) is 10.8. The van der Waals surface area contributed by atoms with Gasteiger partial charge in [-0.2, -0.15) is 0 Å². The van der Waals surface area contributed by atoms with Crippen LogP contribution >= 0.6 is 0 Å². The molecule has 17 heavy (non-hydrogen) atoms. The number of nitrogens with one attached hydrogen (secondary N) is 1. The summed E-state index contributed by atoms with van der Waals surface area (Å²) in [6.45, 7) is 5.09. The van der Waals surface area contributed by atoms with E-state index in [1.807, 2.05) is 0 Å². The van der Waals surface area contributed by atoms with Gasteiger partial charge in [0.15, 0.2) is 0 Å². The second-order valence-electron chi connectivity index (χ2n) is 6.11. The number of hydrogen-bond donors (Lipinski definition) is 1. The Bertz CT molecular complexity index is 293.